The average Bonchev–Trinajstić information content (AvgIpc) is 3.05. The predicted molar refractivity (Wildman–Crippen MR) is 101 cm³/mol. The van der Waals surface area contributed by atoms with Crippen LogP contribution in [0.2, 0.25) is 0 Å². The minimum Gasteiger partial charge on any atom is -0.337 e. The first-order valence-corrected chi connectivity index (χ1v) is 9.42. The third-order valence-corrected chi connectivity index (χ3v) is 5.11. The molecule has 1 saturated heterocycles. The summed E-state index contributed by atoms with van der Waals surface area (Å²) in [7, 11) is 0. The van der Waals surface area contributed by atoms with Gasteiger partial charge in [0.15, 0.2) is 0 Å². The average molecular weight is 371 g/mol. The Morgan fingerprint density at radius 1 is 0.923 bits per heavy atom. The van der Waals surface area contributed by atoms with Gasteiger partial charge in [-0.05, 0) is 42.1 Å². The Hall–Kier alpha value is -2.67. The van der Waals surface area contributed by atoms with Gasteiger partial charge in [0, 0.05) is 44.4 Å². The van der Waals surface area contributed by atoms with Crippen LogP contribution >= 0.6 is 11.3 Å². The van der Waals surface area contributed by atoms with E-state index in [4.69, 9.17) is 0 Å². The number of nitrogens with one attached hydrogen (secondary N) is 1. The number of nitrogens with zero attached hydrogens (tertiary/aromatic N) is 2. The molecule has 136 valence electrons. The largest absolute Gasteiger partial charge is 0.337 e. The lowest BCUT2D eigenvalue weighted by atomic mass is 10.1. The van der Waals surface area contributed by atoms with Crippen molar-refractivity contribution in [3.8, 4) is 0 Å². The van der Waals surface area contributed by atoms with Crippen LogP contribution in [0.4, 0.5) is 5.69 Å². The maximum absolute atomic E-state index is 12.7. The number of rotatable bonds is 3. The summed E-state index contributed by atoms with van der Waals surface area (Å²) >= 11 is 1.44. The van der Waals surface area contributed by atoms with Crippen LogP contribution in [0.1, 0.15) is 33.4 Å². The van der Waals surface area contributed by atoms with E-state index in [2.05, 4.69) is 5.32 Å². The van der Waals surface area contributed by atoms with Crippen LogP contribution in [-0.2, 0) is 4.79 Å². The molecule has 2 aromatic rings. The Morgan fingerprint density at radius 3 is 2.15 bits per heavy atom. The van der Waals surface area contributed by atoms with Gasteiger partial charge < -0.3 is 15.1 Å². The Kier molecular flexibility index (Phi) is 5.68. The standard InChI is InChI=1S/C19H21N3O3S/c1-14(23)20-16-7-5-15(6-8-16)18(24)21-9-3-10-22(12-11-21)19(25)17-4-2-13-26-17/h2,4-8,13H,3,9-12H2,1H3,(H,20,23). The number of amides is 3. The lowest BCUT2D eigenvalue weighted by Crippen LogP contribution is -2.37. The van der Waals surface area contributed by atoms with E-state index in [-0.39, 0.29) is 17.7 Å². The smallest absolute Gasteiger partial charge is 0.263 e. The lowest BCUT2D eigenvalue weighted by Gasteiger charge is -2.22. The monoisotopic (exact) mass is 371 g/mol. The fraction of sp³-hybridized carbons (Fsp3) is 0.316. The first-order valence-electron chi connectivity index (χ1n) is 8.54. The molecule has 0 spiro atoms. The molecule has 1 aliphatic rings. The van der Waals surface area contributed by atoms with Crippen molar-refractivity contribution in [3.63, 3.8) is 0 Å². The molecule has 1 aromatic heterocycles. The summed E-state index contributed by atoms with van der Waals surface area (Å²) in [6, 6.07) is 10.6. The topological polar surface area (TPSA) is 69.7 Å². The van der Waals surface area contributed by atoms with Crippen LogP contribution in [-0.4, -0.2) is 53.7 Å². The summed E-state index contributed by atoms with van der Waals surface area (Å²) in [5, 5.41) is 4.58. The summed E-state index contributed by atoms with van der Waals surface area (Å²) in [6.07, 6.45) is 0.757. The first kappa shape index (κ1) is 18.1. The van der Waals surface area contributed by atoms with Crippen LogP contribution in [0.5, 0.6) is 0 Å². The molecule has 1 aliphatic heterocycles. The van der Waals surface area contributed by atoms with Crippen LogP contribution in [0.25, 0.3) is 0 Å². The number of carbonyl (C=O) groups is 3. The summed E-state index contributed by atoms with van der Waals surface area (Å²) in [5.41, 5.74) is 1.25. The molecule has 6 nitrogen and oxygen atoms in total. The maximum Gasteiger partial charge on any atom is 0.263 e. The van der Waals surface area contributed by atoms with Gasteiger partial charge in [-0.25, -0.2) is 0 Å². The molecule has 2 heterocycles. The van der Waals surface area contributed by atoms with Crippen molar-refractivity contribution in [1.29, 1.82) is 0 Å². The highest BCUT2D eigenvalue weighted by Crippen LogP contribution is 2.16. The second-order valence-corrected chi connectivity index (χ2v) is 7.12. The van der Waals surface area contributed by atoms with Gasteiger partial charge in [0.05, 0.1) is 4.88 Å². The molecular weight excluding hydrogens is 350 g/mol. The van der Waals surface area contributed by atoms with E-state index in [1.807, 2.05) is 22.4 Å². The fourth-order valence-corrected chi connectivity index (χ4v) is 3.65. The number of carbonyl (C=O) groups excluding carboxylic acids is 3. The van der Waals surface area contributed by atoms with E-state index < -0.39 is 0 Å². The quantitative estimate of drug-likeness (QED) is 0.902. The second kappa shape index (κ2) is 8.14. The van der Waals surface area contributed by atoms with Crippen LogP contribution in [0, 0.1) is 0 Å². The molecule has 26 heavy (non-hydrogen) atoms. The van der Waals surface area contributed by atoms with E-state index >= 15 is 0 Å². The molecule has 1 fully saturated rings. The maximum atomic E-state index is 12.7. The van der Waals surface area contributed by atoms with Gasteiger partial charge in [-0.1, -0.05) is 6.07 Å². The van der Waals surface area contributed by atoms with Gasteiger partial charge in [-0.3, -0.25) is 14.4 Å². The zero-order chi connectivity index (χ0) is 18.5. The fourth-order valence-electron chi connectivity index (χ4n) is 2.96. The molecule has 1 N–H and O–H groups in total. The third-order valence-electron chi connectivity index (χ3n) is 4.25. The van der Waals surface area contributed by atoms with E-state index in [0.717, 1.165) is 11.3 Å². The number of anilines is 1. The normalized spacial score (nSPS) is 14.7. The summed E-state index contributed by atoms with van der Waals surface area (Å²) in [6.45, 7) is 3.78. The number of benzene rings is 1. The minimum absolute atomic E-state index is 0.0361. The summed E-state index contributed by atoms with van der Waals surface area (Å²) < 4.78 is 0. The Labute approximate surface area is 156 Å². The SMILES string of the molecule is CC(=O)Nc1ccc(C(=O)N2CCCN(C(=O)c3cccs3)CC2)cc1. The third kappa shape index (κ3) is 4.29. The second-order valence-electron chi connectivity index (χ2n) is 6.17. The Morgan fingerprint density at radius 2 is 1.58 bits per heavy atom. The zero-order valence-corrected chi connectivity index (χ0v) is 15.4. The first-order chi connectivity index (χ1) is 12.5. The number of hydrogen-bond acceptors (Lipinski definition) is 4. The molecule has 0 radical (unpaired) electrons. The van der Waals surface area contributed by atoms with Crippen LogP contribution < -0.4 is 5.32 Å². The van der Waals surface area contributed by atoms with Crippen molar-refractivity contribution in [3.05, 3.63) is 52.2 Å². The molecule has 3 rings (SSSR count). The van der Waals surface area contributed by atoms with Gasteiger partial charge in [0.1, 0.15) is 0 Å². The van der Waals surface area contributed by atoms with E-state index in [1.165, 1.54) is 18.3 Å². The number of hydrogen-bond donors (Lipinski definition) is 1. The van der Waals surface area contributed by atoms with Crippen molar-refractivity contribution in [2.24, 2.45) is 0 Å². The molecule has 1 aromatic carbocycles. The van der Waals surface area contributed by atoms with Crippen LogP contribution in [0.15, 0.2) is 41.8 Å². The number of thiophene rings is 1. The van der Waals surface area contributed by atoms with Crippen LogP contribution in [0.3, 0.4) is 0 Å². The van der Waals surface area contributed by atoms with Crippen molar-refractivity contribution in [1.82, 2.24) is 9.80 Å². The molecular formula is C19H21N3O3S. The van der Waals surface area contributed by atoms with Gasteiger partial charge in [0.2, 0.25) is 5.91 Å². The van der Waals surface area contributed by atoms with Crippen molar-refractivity contribution in [2.45, 2.75) is 13.3 Å². The van der Waals surface area contributed by atoms with Gasteiger partial charge in [-0.2, -0.15) is 0 Å². The van der Waals surface area contributed by atoms with Gasteiger partial charge >= 0.3 is 0 Å². The Bertz CT molecular complexity index is 787. The highest BCUT2D eigenvalue weighted by atomic mass is 32.1. The van der Waals surface area contributed by atoms with Crippen molar-refractivity contribution < 1.29 is 14.4 Å². The molecule has 0 saturated carbocycles. The molecule has 0 aliphatic carbocycles. The van der Waals surface area contributed by atoms with Crippen molar-refractivity contribution in [2.75, 3.05) is 31.5 Å². The molecule has 0 bridgehead atoms. The summed E-state index contributed by atoms with van der Waals surface area (Å²) in [4.78, 5) is 40.6. The van der Waals surface area contributed by atoms with Gasteiger partial charge in [0.25, 0.3) is 11.8 Å². The molecule has 3 amide bonds. The van der Waals surface area contributed by atoms with Gasteiger partial charge in [-0.15, -0.1) is 11.3 Å². The van der Waals surface area contributed by atoms with E-state index in [0.29, 0.717) is 37.4 Å². The molecule has 0 unspecified atom stereocenters. The summed E-state index contributed by atoms with van der Waals surface area (Å²) in [5.74, 6) is -0.161. The highest BCUT2D eigenvalue weighted by Gasteiger charge is 2.23. The van der Waals surface area contributed by atoms with E-state index in [9.17, 15) is 14.4 Å². The van der Waals surface area contributed by atoms with Crippen molar-refractivity contribution >= 4 is 34.7 Å². The molecule has 0 atom stereocenters. The highest BCUT2D eigenvalue weighted by molar-refractivity contribution is 7.12. The lowest BCUT2D eigenvalue weighted by molar-refractivity contribution is -0.114. The predicted octanol–water partition coefficient (Wildman–Crippen LogP) is 2.69. The minimum atomic E-state index is -0.146. The zero-order valence-electron chi connectivity index (χ0n) is 14.6. The molecule has 7 heteroatoms. The van der Waals surface area contributed by atoms with E-state index in [1.54, 1.807) is 29.2 Å². The Balaban J connectivity index is 1.62.